The molecule has 0 saturated carbocycles. The van der Waals surface area contributed by atoms with Crippen molar-refractivity contribution >= 4 is 32.5 Å². The second-order valence-corrected chi connectivity index (χ2v) is 8.73. The standard InChI is InChI=1S/C19H18N6O3S/c26-18-12-17(22-16-5-1-2-7-25(16)18)23-8-10-24(11-9-23)29(27,28)15-13-21-19-14(15)4-3-6-20-19/h1-7,12-13H,8-11H2,(H,20,21). The number of piperazine rings is 1. The smallest absolute Gasteiger partial charge is 0.259 e. The van der Waals surface area contributed by atoms with Gasteiger partial charge in [0.2, 0.25) is 10.0 Å². The van der Waals surface area contributed by atoms with Gasteiger partial charge in [0.1, 0.15) is 22.0 Å². The van der Waals surface area contributed by atoms with Crippen LogP contribution in [0.4, 0.5) is 5.82 Å². The number of pyridine rings is 2. The molecule has 0 aromatic carbocycles. The zero-order valence-electron chi connectivity index (χ0n) is 15.4. The third-order valence-electron chi connectivity index (χ3n) is 5.15. The van der Waals surface area contributed by atoms with Gasteiger partial charge < -0.3 is 9.88 Å². The molecule has 1 N–H and O–H groups in total. The Morgan fingerprint density at radius 2 is 1.86 bits per heavy atom. The Bertz CT molecular complexity index is 1370. The first kappa shape index (κ1) is 17.8. The maximum Gasteiger partial charge on any atom is 0.259 e. The maximum atomic E-state index is 13.1. The van der Waals surface area contributed by atoms with Crippen LogP contribution < -0.4 is 10.5 Å². The molecule has 29 heavy (non-hydrogen) atoms. The predicted molar refractivity (Wildman–Crippen MR) is 109 cm³/mol. The summed E-state index contributed by atoms with van der Waals surface area (Å²) in [5.41, 5.74) is 0.953. The summed E-state index contributed by atoms with van der Waals surface area (Å²) in [4.78, 5) is 26.1. The minimum absolute atomic E-state index is 0.160. The lowest BCUT2D eigenvalue weighted by atomic mass is 10.3. The number of hydrogen-bond acceptors (Lipinski definition) is 6. The van der Waals surface area contributed by atoms with Crippen molar-refractivity contribution in [2.45, 2.75) is 4.90 Å². The average molecular weight is 410 g/mol. The number of nitrogens with one attached hydrogen (secondary N) is 1. The molecule has 5 rings (SSSR count). The summed E-state index contributed by atoms with van der Waals surface area (Å²) >= 11 is 0. The van der Waals surface area contributed by atoms with E-state index in [1.165, 1.54) is 21.0 Å². The highest BCUT2D eigenvalue weighted by Gasteiger charge is 2.31. The first-order chi connectivity index (χ1) is 14.0. The molecule has 1 aliphatic heterocycles. The molecule has 5 heterocycles. The third kappa shape index (κ3) is 2.97. The molecule has 148 valence electrons. The molecule has 4 aromatic heterocycles. The van der Waals surface area contributed by atoms with Crippen LogP contribution in [0.25, 0.3) is 16.7 Å². The van der Waals surface area contributed by atoms with Crippen LogP contribution in [0.3, 0.4) is 0 Å². The van der Waals surface area contributed by atoms with Crippen molar-refractivity contribution in [1.82, 2.24) is 23.7 Å². The monoisotopic (exact) mass is 410 g/mol. The summed E-state index contributed by atoms with van der Waals surface area (Å²) < 4.78 is 29.2. The van der Waals surface area contributed by atoms with Crippen LogP contribution >= 0.6 is 0 Å². The van der Waals surface area contributed by atoms with Crippen molar-refractivity contribution in [1.29, 1.82) is 0 Å². The number of nitrogens with zero attached hydrogens (tertiary/aromatic N) is 5. The quantitative estimate of drug-likeness (QED) is 0.542. The zero-order chi connectivity index (χ0) is 20.0. The Morgan fingerprint density at radius 3 is 2.69 bits per heavy atom. The van der Waals surface area contributed by atoms with Crippen LogP contribution in [-0.2, 0) is 10.0 Å². The number of sulfonamides is 1. The number of H-pyrrole nitrogens is 1. The van der Waals surface area contributed by atoms with E-state index in [1.54, 1.807) is 36.7 Å². The van der Waals surface area contributed by atoms with Crippen molar-refractivity contribution in [2.75, 3.05) is 31.1 Å². The summed E-state index contributed by atoms with van der Waals surface area (Å²) in [5, 5.41) is 0.583. The van der Waals surface area contributed by atoms with E-state index in [0.29, 0.717) is 48.7 Å². The van der Waals surface area contributed by atoms with Crippen LogP contribution in [-0.4, -0.2) is 58.3 Å². The number of aromatic nitrogens is 4. The minimum Gasteiger partial charge on any atom is -0.354 e. The van der Waals surface area contributed by atoms with E-state index in [0.717, 1.165) is 0 Å². The second-order valence-electron chi connectivity index (χ2n) is 6.83. The van der Waals surface area contributed by atoms with Crippen molar-refractivity contribution in [3.05, 3.63) is 65.3 Å². The predicted octanol–water partition coefficient (Wildman–Crippen LogP) is 1.08. The molecule has 0 atom stereocenters. The number of hydrogen-bond donors (Lipinski definition) is 1. The number of aromatic amines is 1. The first-order valence-electron chi connectivity index (χ1n) is 9.20. The Kier molecular flexibility index (Phi) is 4.10. The third-order valence-corrected chi connectivity index (χ3v) is 7.09. The Balaban J connectivity index is 1.40. The van der Waals surface area contributed by atoms with Gasteiger partial charge in [0.05, 0.1) is 0 Å². The van der Waals surface area contributed by atoms with Gasteiger partial charge >= 0.3 is 0 Å². The van der Waals surface area contributed by atoms with Crippen LogP contribution in [0.15, 0.2) is 64.7 Å². The lowest BCUT2D eigenvalue weighted by Crippen LogP contribution is -2.49. The highest BCUT2D eigenvalue weighted by molar-refractivity contribution is 7.89. The molecule has 9 nitrogen and oxygen atoms in total. The van der Waals surface area contributed by atoms with Gasteiger partial charge in [-0.1, -0.05) is 6.07 Å². The van der Waals surface area contributed by atoms with Gasteiger partial charge in [-0.25, -0.2) is 18.4 Å². The normalized spacial score (nSPS) is 15.9. The Hall–Kier alpha value is -3.24. The molecule has 10 heteroatoms. The average Bonchev–Trinajstić information content (AvgIpc) is 3.19. The van der Waals surface area contributed by atoms with Crippen LogP contribution in [0.1, 0.15) is 0 Å². The van der Waals surface area contributed by atoms with E-state index in [2.05, 4.69) is 15.0 Å². The molecule has 0 spiro atoms. The summed E-state index contributed by atoms with van der Waals surface area (Å²) in [7, 11) is -3.64. The molecule has 0 aliphatic carbocycles. The number of fused-ring (bicyclic) bond motifs is 2. The number of rotatable bonds is 3. The van der Waals surface area contributed by atoms with Gasteiger partial charge in [-0.05, 0) is 24.3 Å². The lowest BCUT2D eigenvalue weighted by molar-refractivity contribution is 0.384. The summed E-state index contributed by atoms with van der Waals surface area (Å²) in [6.07, 6.45) is 4.79. The summed E-state index contributed by atoms with van der Waals surface area (Å²) in [6, 6.07) is 10.3. The molecule has 0 amide bonds. The minimum atomic E-state index is -3.64. The van der Waals surface area contributed by atoms with E-state index >= 15 is 0 Å². The van der Waals surface area contributed by atoms with Gasteiger partial charge in [-0.15, -0.1) is 0 Å². The van der Waals surface area contributed by atoms with Gasteiger partial charge in [-0.3, -0.25) is 9.20 Å². The van der Waals surface area contributed by atoms with E-state index in [4.69, 9.17) is 0 Å². The molecular weight excluding hydrogens is 392 g/mol. The van der Waals surface area contributed by atoms with E-state index < -0.39 is 10.0 Å². The van der Waals surface area contributed by atoms with E-state index in [1.807, 2.05) is 11.0 Å². The van der Waals surface area contributed by atoms with Crippen LogP contribution in [0, 0.1) is 0 Å². The van der Waals surface area contributed by atoms with Crippen molar-refractivity contribution < 1.29 is 8.42 Å². The summed E-state index contributed by atoms with van der Waals surface area (Å²) in [5.74, 6) is 0.564. The molecule has 0 radical (unpaired) electrons. The molecule has 0 bridgehead atoms. The highest BCUT2D eigenvalue weighted by atomic mass is 32.2. The molecule has 4 aromatic rings. The van der Waals surface area contributed by atoms with Gasteiger partial charge in [0.15, 0.2) is 0 Å². The summed E-state index contributed by atoms with van der Waals surface area (Å²) in [6.45, 7) is 1.53. The van der Waals surface area contributed by atoms with E-state index in [-0.39, 0.29) is 10.5 Å². The van der Waals surface area contributed by atoms with Crippen molar-refractivity contribution in [2.24, 2.45) is 0 Å². The lowest BCUT2D eigenvalue weighted by Gasteiger charge is -2.34. The number of anilines is 1. The topological polar surface area (TPSA) is 104 Å². The van der Waals surface area contributed by atoms with Crippen molar-refractivity contribution in [3.8, 4) is 0 Å². The largest absolute Gasteiger partial charge is 0.354 e. The first-order valence-corrected chi connectivity index (χ1v) is 10.6. The fourth-order valence-corrected chi connectivity index (χ4v) is 5.22. The SMILES string of the molecule is O=c1cc(N2CCN(S(=O)(=O)c3c[nH]c4ncccc34)CC2)nc2ccccn12. The van der Waals surface area contributed by atoms with Gasteiger partial charge in [-0.2, -0.15) is 4.31 Å². The van der Waals surface area contributed by atoms with Crippen LogP contribution in [0.5, 0.6) is 0 Å². The van der Waals surface area contributed by atoms with Gasteiger partial charge in [0.25, 0.3) is 5.56 Å². The highest BCUT2D eigenvalue weighted by Crippen LogP contribution is 2.25. The fourth-order valence-electron chi connectivity index (χ4n) is 3.64. The zero-order valence-corrected chi connectivity index (χ0v) is 16.2. The second kappa shape index (κ2) is 6.68. The van der Waals surface area contributed by atoms with Crippen LogP contribution in [0.2, 0.25) is 0 Å². The fraction of sp³-hybridized carbons (Fsp3) is 0.211. The molecule has 1 aliphatic rings. The molecular formula is C19H18N6O3S. The Labute approximate surface area is 166 Å². The van der Waals surface area contributed by atoms with E-state index in [9.17, 15) is 13.2 Å². The van der Waals surface area contributed by atoms with Crippen molar-refractivity contribution in [3.63, 3.8) is 0 Å². The Morgan fingerprint density at radius 1 is 1.03 bits per heavy atom. The maximum absolute atomic E-state index is 13.1. The van der Waals surface area contributed by atoms with Gasteiger partial charge in [0, 0.05) is 56.2 Å². The molecule has 0 unspecified atom stereocenters. The molecule has 1 saturated heterocycles. The molecule has 1 fully saturated rings.